The molecule has 1 aromatic heterocycles. The molecule has 0 atom stereocenters. The summed E-state index contributed by atoms with van der Waals surface area (Å²) < 4.78 is 0. The Morgan fingerprint density at radius 3 is 2.58 bits per heavy atom. The highest BCUT2D eigenvalue weighted by Gasteiger charge is 2.14. The van der Waals surface area contributed by atoms with Gasteiger partial charge < -0.3 is 5.32 Å². The van der Waals surface area contributed by atoms with Crippen LogP contribution in [-0.2, 0) is 6.54 Å². The summed E-state index contributed by atoms with van der Waals surface area (Å²) in [6.07, 6.45) is 1.65. The molecule has 7 heteroatoms. The van der Waals surface area contributed by atoms with Crippen molar-refractivity contribution >= 4 is 52.5 Å². The topological polar surface area (TPSA) is 42.0 Å². The molecule has 0 aliphatic carbocycles. The molecule has 132 valence electrons. The van der Waals surface area contributed by atoms with E-state index in [4.69, 9.17) is 34.8 Å². The number of hydrogen-bond acceptors (Lipinski definition) is 3. The number of amides is 1. The van der Waals surface area contributed by atoms with Crippen LogP contribution in [0.1, 0.15) is 15.9 Å². The van der Waals surface area contributed by atoms with E-state index in [0.29, 0.717) is 32.2 Å². The summed E-state index contributed by atoms with van der Waals surface area (Å²) >= 11 is 19.4. The Kier molecular flexibility index (Phi) is 6.43. The van der Waals surface area contributed by atoms with Crippen molar-refractivity contribution in [3.63, 3.8) is 0 Å². The molecule has 0 aliphatic rings. The standard InChI is InChI=1S/C19H13Cl3N2OS/c20-13-3-1-4-15(9-13)26-19-16(5-2-8-23-19)18(25)24-11-12-6-7-14(21)10-17(12)22/h1-10H,11H2,(H,24,25). The maximum atomic E-state index is 12.6. The van der Waals surface area contributed by atoms with Crippen LogP contribution >= 0.6 is 46.6 Å². The molecule has 26 heavy (non-hydrogen) atoms. The van der Waals surface area contributed by atoms with Crippen LogP contribution in [0.25, 0.3) is 0 Å². The number of carbonyl (C=O) groups is 1. The average Bonchev–Trinajstić information content (AvgIpc) is 2.61. The fourth-order valence-electron chi connectivity index (χ4n) is 2.22. The maximum absolute atomic E-state index is 12.6. The van der Waals surface area contributed by atoms with Crippen molar-refractivity contribution in [2.24, 2.45) is 0 Å². The largest absolute Gasteiger partial charge is 0.348 e. The van der Waals surface area contributed by atoms with E-state index in [2.05, 4.69) is 10.3 Å². The van der Waals surface area contributed by atoms with Crippen molar-refractivity contribution in [3.05, 3.63) is 87.0 Å². The van der Waals surface area contributed by atoms with E-state index in [0.717, 1.165) is 10.5 Å². The number of nitrogens with one attached hydrogen (secondary N) is 1. The summed E-state index contributed by atoms with van der Waals surface area (Å²) in [6.45, 7) is 0.297. The van der Waals surface area contributed by atoms with Gasteiger partial charge >= 0.3 is 0 Å². The van der Waals surface area contributed by atoms with Gasteiger partial charge in [0.05, 0.1) is 5.56 Å². The quantitative estimate of drug-likeness (QED) is 0.537. The van der Waals surface area contributed by atoms with Crippen LogP contribution in [0.5, 0.6) is 0 Å². The third-order valence-electron chi connectivity index (χ3n) is 3.48. The molecule has 3 aromatic rings. The van der Waals surface area contributed by atoms with Crippen LogP contribution in [0.2, 0.25) is 15.1 Å². The second-order valence-electron chi connectivity index (χ2n) is 5.33. The Labute approximate surface area is 170 Å². The van der Waals surface area contributed by atoms with Gasteiger partial charge in [-0.25, -0.2) is 4.98 Å². The average molecular weight is 424 g/mol. The Hall–Kier alpha value is -1.72. The van der Waals surface area contributed by atoms with Gasteiger partial charge in [0.25, 0.3) is 5.91 Å². The normalized spacial score (nSPS) is 10.6. The van der Waals surface area contributed by atoms with Gasteiger partial charge in [0.2, 0.25) is 0 Å². The van der Waals surface area contributed by atoms with Crippen LogP contribution in [0.3, 0.4) is 0 Å². The molecular weight excluding hydrogens is 411 g/mol. The molecule has 0 aliphatic heterocycles. The number of benzene rings is 2. The number of halogens is 3. The molecule has 0 spiro atoms. The van der Waals surface area contributed by atoms with E-state index in [1.165, 1.54) is 11.8 Å². The lowest BCUT2D eigenvalue weighted by Gasteiger charge is -2.10. The first-order chi connectivity index (χ1) is 12.5. The number of aromatic nitrogens is 1. The smallest absolute Gasteiger partial charge is 0.254 e. The van der Waals surface area contributed by atoms with Gasteiger partial charge in [-0.2, -0.15) is 0 Å². The molecule has 0 radical (unpaired) electrons. The summed E-state index contributed by atoms with van der Waals surface area (Å²) in [4.78, 5) is 17.8. The fraction of sp³-hybridized carbons (Fsp3) is 0.0526. The Morgan fingerprint density at radius 2 is 1.81 bits per heavy atom. The summed E-state index contributed by atoms with van der Waals surface area (Å²) in [5.74, 6) is -0.228. The van der Waals surface area contributed by atoms with E-state index in [1.807, 2.05) is 18.2 Å². The van der Waals surface area contributed by atoms with Gasteiger partial charge in [-0.05, 0) is 48.0 Å². The summed E-state index contributed by atoms with van der Waals surface area (Å²) in [7, 11) is 0. The molecule has 0 unspecified atom stereocenters. The first-order valence-corrected chi connectivity index (χ1v) is 9.58. The molecule has 0 bridgehead atoms. The van der Waals surface area contributed by atoms with E-state index in [9.17, 15) is 4.79 Å². The van der Waals surface area contributed by atoms with E-state index < -0.39 is 0 Å². The molecular formula is C19H13Cl3N2OS. The van der Waals surface area contributed by atoms with Gasteiger partial charge in [-0.3, -0.25) is 4.79 Å². The minimum absolute atomic E-state index is 0.228. The van der Waals surface area contributed by atoms with Gasteiger partial charge in [0, 0.05) is 32.7 Å². The lowest BCUT2D eigenvalue weighted by molar-refractivity contribution is 0.0947. The zero-order chi connectivity index (χ0) is 18.5. The van der Waals surface area contributed by atoms with Crippen LogP contribution in [0.4, 0.5) is 0 Å². The van der Waals surface area contributed by atoms with Crippen molar-refractivity contribution in [2.75, 3.05) is 0 Å². The van der Waals surface area contributed by atoms with Crippen LogP contribution in [0, 0.1) is 0 Å². The summed E-state index contributed by atoms with van der Waals surface area (Å²) in [6, 6.07) is 16.0. The molecule has 0 fully saturated rings. The predicted octanol–water partition coefficient (Wildman–Crippen LogP) is 6.12. The fourth-order valence-corrected chi connectivity index (χ4v) is 3.89. The van der Waals surface area contributed by atoms with Gasteiger partial charge in [-0.1, -0.05) is 58.7 Å². The Balaban J connectivity index is 1.75. The molecule has 0 saturated carbocycles. The van der Waals surface area contributed by atoms with Crippen molar-refractivity contribution in [1.82, 2.24) is 10.3 Å². The number of rotatable bonds is 5. The maximum Gasteiger partial charge on any atom is 0.254 e. The highest BCUT2D eigenvalue weighted by molar-refractivity contribution is 7.99. The Morgan fingerprint density at radius 1 is 1.00 bits per heavy atom. The number of nitrogens with zero attached hydrogens (tertiary/aromatic N) is 1. The SMILES string of the molecule is O=C(NCc1ccc(Cl)cc1Cl)c1cccnc1Sc1cccc(Cl)c1. The third kappa shape index (κ3) is 4.92. The van der Waals surface area contributed by atoms with Crippen molar-refractivity contribution in [1.29, 1.82) is 0 Å². The first-order valence-electron chi connectivity index (χ1n) is 7.63. The highest BCUT2D eigenvalue weighted by atomic mass is 35.5. The van der Waals surface area contributed by atoms with Crippen molar-refractivity contribution in [2.45, 2.75) is 16.5 Å². The van der Waals surface area contributed by atoms with Gasteiger partial charge in [0.1, 0.15) is 5.03 Å². The molecule has 3 nitrogen and oxygen atoms in total. The minimum Gasteiger partial charge on any atom is -0.348 e. The molecule has 0 saturated heterocycles. The van der Waals surface area contributed by atoms with Crippen LogP contribution in [0.15, 0.2) is 70.7 Å². The second kappa shape index (κ2) is 8.78. The van der Waals surface area contributed by atoms with Gasteiger partial charge in [-0.15, -0.1) is 0 Å². The van der Waals surface area contributed by atoms with Crippen LogP contribution < -0.4 is 5.32 Å². The lowest BCUT2D eigenvalue weighted by Crippen LogP contribution is -2.23. The molecule has 1 amide bonds. The third-order valence-corrected chi connectivity index (χ3v) is 5.31. The summed E-state index contributed by atoms with van der Waals surface area (Å²) in [5.41, 5.74) is 1.28. The predicted molar refractivity (Wildman–Crippen MR) is 107 cm³/mol. The zero-order valence-electron chi connectivity index (χ0n) is 13.4. The second-order valence-corrected chi connectivity index (χ2v) is 7.68. The lowest BCUT2D eigenvalue weighted by atomic mass is 10.2. The van der Waals surface area contributed by atoms with Crippen LogP contribution in [-0.4, -0.2) is 10.9 Å². The molecule has 1 heterocycles. The minimum atomic E-state index is -0.228. The molecule has 2 aromatic carbocycles. The van der Waals surface area contributed by atoms with E-state index in [1.54, 1.807) is 42.6 Å². The van der Waals surface area contributed by atoms with Crippen molar-refractivity contribution < 1.29 is 4.79 Å². The first kappa shape index (κ1) is 19.1. The zero-order valence-corrected chi connectivity index (χ0v) is 16.5. The number of pyridine rings is 1. The Bertz CT molecular complexity index is 950. The highest BCUT2D eigenvalue weighted by Crippen LogP contribution is 2.30. The summed E-state index contributed by atoms with van der Waals surface area (Å²) in [5, 5.41) is 5.17. The van der Waals surface area contributed by atoms with Crippen molar-refractivity contribution in [3.8, 4) is 0 Å². The van der Waals surface area contributed by atoms with E-state index in [-0.39, 0.29) is 5.91 Å². The monoisotopic (exact) mass is 422 g/mol. The number of hydrogen-bond donors (Lipinski definition) is 1. The molecule has 3 rings (SSSR count). The van der Waals surface area contributed by atoms with Gasteiger partial charge in [0.15, 0.2) is 0 Å². The van der Waals surface area contributed by atoms with E-state index >= 15 is 0 Å². The molecule has 1 N–H and O–H groups in total. The number of carbonyl (C=O) groups excluding carboxylic acids is 1.